The van der Waals surface area contributed by atoms with Crippen LogP contribution in [0.15, 0.2) is 24.3 Å². The first-order valence-corrected chi connectivity index (χ1v) is 7.97. The highest BCUT2D eigenvalue weighted by molar-refractivity contribution is 7.15. The number of carbonyl (C=O) groups excluding carboxylic acids is 1. The molecule has 1 aromatic heterocycles. The van der Waals surface area contributed by atoms with Crippen LogP contribution in [-0.4, -0.2) is 24.1 Å². The van der Waals surface area contributed by atoms with E-state index in [1.54, 1.807) is 11.3 Å². The van der Waals surface area contributed by atoms with Crippen LogP contribution in [0.2, 0.25) is 0 Å². The van der Waals surface area contributed by atoms with Crippen LogP contribution >= 0.6 is 11.3 Å². The summed E-state index contributed by atoms with van der Waals surface area (Å²) >= 11 is 1.56. The molecule has 0 unspecified atom stereocenters. The van der Waals surface area contributed by atoms with E-state index in [1.165, 1.54) is 11.1 Å². The minimum Gasteiger partial charge on any atom is -0.461 e. The molecule has 0 atom stereocenters. The Morgan fingerprint density at radius 2 is 2.14 bits per heavy atom. The van der Waals surface area contributed by atoms with E-state index in [2.05, 4.69) is 34.1 Å². The predicted octanol–water partition coefficient (Wildman–Crippen LogP) is 3.19. The Bertz CT molecular complexity index is 666. The summed E-state index contributed by atoms with van der Waals surface area (Å²) in [5.41, 5.74) is 3.21. The van der Waals surface area contributed by atoms with Crippen molar-refractivity contribution in [2.24, 2.45) is 0 Å². The van der Waals surface area contributed by atoms with Gasteiger partial charge in [0, 0.05) is 18.0 Å². The van der Waals surface area contributed by atoms with Gasteiger partial charge in [-0.05, 0) is 31.4 Å². The number of hydrogen-bond acceptors (Lipinski definition) is 5. The second-order valence-corrected chi connectivity index (χ2v) is 6.24. The molecular formula is C16H18N2O2S. The molecular weight excluding hydrogens is 284 g/mol. The molecule has 1 aliphatic heterocycles. The van der Waals surface area contributed by atoms with E-state index in [1.807, 2.05) is 13.8 Å². The van der Waals surface area contributed by atoms with Crippen molar-refractivity contribution in [2.75, 3.05) is 18.1 Å². The smallest absolute Gasteiger partial charge is 0.358 e. The minimum absolute atomic E-state index is 0.324. The number of nitrogens with zero attached hydrogens (tertiary/aromatic N) is 2. The summed E-state index contributed by atoms with van der Waals surface area (Å²) in [6.45, 7) is 5.90. The number of ether oxygens (including phenoxy) is 1. The van der Waals surface area contributed by atoms with Gasteiger partial charge in [0.2, 0.25) is 0 Å². The van der Waals surface area contributed by atoms with Crippen LogP contribution in [0.5, 0.6) is 0 Å². The molecule has 1 aromatic carbocycles. The van der Waals surface area contributed by atoms with Gasteiger partial charge in [-0.15, -0.1) is 11.3 Å². The predicted molar refractivity (Wildman–Crippen MR) is 84.0 cm³/mol. The number of rotatable bonds is 3. The van der Waals surface area contributed by atoms with Crippen molar-refractivity contribution >= 4 is 22.4 Å². The number of thiazole rings is 1. The fourth-order valence-corrected chi connectivity index (χ4v) is 3.49. The number of aromatic nitrogens is 1. The fourth-order valence-electron chi connectivity index (χ4n) is 2.57. The van der Waals surface area contributed by atoms with Crippen LogP contribution in [0.3, 0.4) is 0 Å². The van der Waals surface area contributed by atoms with E-state index in [9.17, 15) is 4.79 Å². The second-order valence-electron chi connectivity index (χ2n) is 5.06. The molecule has 0 fully saturated rings. The average molecular weight is 302 g/mol. The van der Waals surface area contributed by atoms with Crippen molar-refractivity contribution in [1.29, 1.82) is 0 Å². The molecule has 21 heavy (non-hydrogen) atoms. The molecule has 0 N–H and O–H groups in total. The minimum atomic E-state index is -0.324. The Morgan fingerprint density at radius 3 is 2.90 bits per heavy atom. The molecule has 2 heterocycles. The number of esters is 1. The maximum atomic E-state index is 11.9. The molecule has 2 aromatic rings. The van der Waals surface area contributed by atoms with Gasteiger partial charge in [-0.25, -0.2) is 9.78 Å². The normalized spacial score (nSPS) is 13.9. The number of hydrogen-bond donors (Lipinski definition) is 0. The molecule has 0 bridgehead atoms. The Labute approximate surface area is 128 Å². The summed E-state index contributed by atoms with van der Waals surface area (Å²) in [5.74, 6) is -0.324. The lowest BCUT2D eigenvalue weighted by Crippen LogP contribution is -2.30. The molecule has 5 heteroatoms. The van der Waals surface area contributed by atoms with Gasteiger partial charge in [-0.2, -0.15) is 0 Å². The van der Waals surface area contributed by atoms with Crippen LogP contribution in [0, 0.1) is 6.92 Å². The first-order valence-electron chi connectivity index (χ1n) is 7.15. The molecule has 4 nitrogen and oxygen atoms in total. The number of benzene rings is 1. The van der Waals surface area contributed by atoms with Crippen molar-refractivity contribution in [3.63, 3.8) is 0 Å². The summed E-state index contributed by atoms with van der Waals surface area (Å²) in [4.78, 5) is 19.5. The van der Waals surface area contributed by atoms with Gasteiger partial charge in [0.15, 0.2) is 10.8 Å². The first kappa shape index (κ1) is 14.1. The molecule has 110 valence electrons. The molecule has 0 aliphatic carbocycles. The van der Waals surface area contributed by atoms with Gasteiger partial charge in [0.05, 0.1) is 6.61 Å². The van der Waals surface area contributed by atoms with Crippen molar-refractivity contribution in [2.45, 2.75) is 26.8 Å². The Hall–Kier alpha value is -1.88. The summed E-state index contributed by atoms with van der Waals surface area (Å²) in [5, 5.41) is 0.907. The molecule has 0 spiro atoms. The van der Waals surface area contributed by atoms with Crippen molar-refractivity contribution in [3.05, 3.63) is 46.0 Å². The lowest BCUT2D eigenvalue weighted by Gasteiger charge is -2.28. The zero-order valence-corrected chi connectivity index (χ0v) is 13.1. The lowest BCUT2D eigenvalue weighted by atomic mass is 10.0. The third kappa shape index (κ3) is 2.78. The molecule has 0 radical (unpaired) electrons. The summed E-state index contributed by atoms with van der Waals surface area (Å²) in [6, 6.07) is 8.50. The topological polar surface area (TPSA) is 42.4 Å². The SMILES string of the molecule is CCOC(=O)c1nc(N2CCc3ccccc3C2)sc1C. The van der Waals surface area contributed by atoms with Crippen LogP contribution in [0.25, 0.3) is 0 Å². The Balaban J connectivity index is 1.83. The highest BCUT2D eigenvalue weighted by Gasteiger charge is 2.22. The highest BCUT2D eigenvalue weighted by Crippen LogP contribution is 2.30. The van der Waals surface area contributed by atoms with Gasteiger partial charge in [-0.1, -0.05) is 24.3 Å². The second kappa shape index (κ2) is 5.85. The number of fused-ring (bicyclic) bond motifs is 1. The summed E-state index contributed by atoms with van der Waals surface area (Å²) in [7, 11) is 0. The fraction of sp³-hybridized carbons (Fsp3) is 0.375. The number of aryl methyl sites for hydroxylation is 1. The first-order chi connectivity index (χ1) is 10.2. The number of anilines is 1. The molecule has 0 amide bonds. The Kier molecular flexibility index (Phi) is 3.92. The van der Waals surface area contributed by atoms with E-state index in [4.69, 9.17) is 4.74 Å². The van der Waals surface area contributed by atoms with Crippen molar-refractivity contribution in [1.82, 2.24) is 4.98 Å². The van der Waals surface area contributed by atoms with Gasteiger partial charge >= 0.3 is 5.97 Å². The van der Waals surface area contributed by atoms with Crippen LogP contribution in [0.4, 0.5) is 5.13 Å². The zero-order chi connectivity index (χ0) is 14.8. The Morgan fingerprint density at radius 1 is 1.38 bits per heavy atom. The maximum absolute atomic E-state index is 11.9. The average Bonchev–Trinajstić information content (AvgIpc) is 2.89. The molecule has 0 saturated heterocycles. The van der Waals surface area contributed by atoms with Crippen molar-refractivity contribution < 1.29 is 9.53 Å². The monoisotopic (exact) mass is 302 g/mol. The van der Waals surface area contributed by atoms with Gasteiger partial charge in [0.25, 0.3) is 0 Å². The molecule has 1 aliphatic rings. The van der Waals surface area contributed by atoms with Crippen LogP contribution < -0.4 is 4.90 Å². The highest BCUT2D eigenvalue weighted by atomic mass is 32.1. The quantitative estimate of drug-likeness (QED) is 0.817. The summed E-state index contributed by atoms with van der Waals surface area (Å²) in [6.07, 6.45) is 1.02. The largest absolute Gasteiger partial charge is 0.461 e. The van der Waals surface area contributed by atoms with E-state index >= 15 is 0 Å². The maximum Gasteiger partial charge on any atom is 0.358 e. The van der Waals surface area contributed by atoms with Gasteiger partial charge < -0.3 is 9.64 Å². The van der Waals surface area contributed by atoms with E-state index in [-0.39, 0.29) is 5.97 Å². The third-order valence-corrected chi connectivity index (χ3v) is 4.69. The molecule has 0 saturated carbocycles. The van der Waals surface area contributed by atoms with Crippen molar-refractivity contribution in [3.8, 4) is 0 Å². The number of carbonyl (C=O) groups is 1. The third-order valence-electron chi connectivity index (χ3n) is 3.66. The zero-order valence-electron chi connectivity index (χ0n) is 12.3. The van der Waals surface area contributed by atoms with Crippen LogP contribution in [-0.2, 0) is 17.7 Å². The standard InChI is InChI=1S/C16H18N2O2S/c1-3-20-15(19)14-11(2)21-16(17-14)18-9-8-12-6-4-5-7-13(12)10-18/h4-7H,3,8-10H2,1-2H3. The van der Waals surface area contributed by atoms with Gasteiger partial charge in [0.1, 0.15) is 0 Å². The van der Waals surface area contributed by atoms with Crippen LogP contribution in [0.1, 0.15) is 33.4 Å². The summed E-state index contributed by atoms with van der Waals surface area (Å²) < 4.78 is 5.05. The van der Waals surface area contributed by atoms with Gasteiger partial charge in [-0.3, -0.25) is 0 Å². The van der Waals surface area contributed by atoms with E-state index in [0.717, 1.165) is 29.5 Å². The molecule has 3 rings (SSSR count). The van der Waals surface area contributed by atoms with E-state index < -0.39 is 0 Å². The lowest BCUT2D eigenvalue weighted by molar-refractivity contribution is 0.0519. The van der Waals surface area contributed by atoms with E-state index in [0.29, 0.717) is 12.3 Å².